The fraction of sp³-hybridized carbons (Fsp3) is 0.105. The molecule has 2 aromatic heterocycles. The van der Waals surface area contributed by atoms with Crippen LogP contribution in [-0.2, 0) is 12.3 Å². The molecule has 27 heavy (non-hydrogen) atoms. The Morgan fingerprint density at radius 3 is 2.81 bits per heavy atom. The van der Waals surface area contributed by atoms with E-state index in [1.807, 2.05) is 30.3 Å². The summed E-state index contributed by atoms with van der Waals surface area (Å²) in [6.07, 6.45) is 0. The first-order valence-electron chi connectivity index (χ1n) is 8.14. The fourth-order valence-corrected chi connectivity index (χ4v) is 4.65. The standard InChI is InChI=1S/C19H14BrN3O2S2/c20-14-6-7-15-13(8-17(24)25-16(15)9-14)11-26-19-23-22-18(27-19)21-10-12-4-2-1-3-5-12/h1-9H,10-11H2,(H,21,22). The third-order valence-electron chi connectivity index (χ3n) is 3.84. The molecule has 0 saturated heterocycles. The Bertz CT molecular complexity index is 1130. The Morgan fingerprint density at radius 2 is 1.96 bits per heavy atom. The third-order valence-corrected chi connectivity index (χ3v) is 6.39. The van der Waals surface area contributed by atoms with Gasteiger partial charge in [0.05, 0.1) is 0 Å². The van der Waals surface area contributed by atoms with Crippen molar-refractivity contribution >= 4 is 55.1 Å². The average molecular weight is 460 g/mol. The van der Waals surface area contributed by atoms with E-state index in [2.05, 4.69) is 43.6 Å². The van der Waals surface area contributed by atoms with Gasteiger partial charge in [-0.05, 0) is 29.3 Å². The van der Waals surface area contributed by atoms with Crippen LogP contribution in [0.1, 0.15) is 11.1 Å². The maximum Gasteiger partial charge on any atom is 0.336 e. The summed E-state index contributed by atoms with van der Waals surface area (Å²) >= 11 is 6.46. The monoisotopic (exact) mass is 459 g/mol. The van der Waals surface area contributed by atoms with E-state index in [0.29, 0.717) is 17.9 Å². The summed E-state index contributed by atoms with van der Waals surface area (Å²) in [5.41, 5.74) is 2.34. The first-order valence-corrected chi connectivity index (χ1v) is 10.7. The van der Waals surface area contributed by atoms with Crippen LogP contribution in [0, 0.1) is 0 Å². The zero-order valence-corrected chi connectivity index (χ0v) is 17.2. The number of hydrogen-bond acceptors (Lipinski definition) is 7. The van der Waals surface area contributed by atoms with Crippen molar-refractivity contribution in [2.24, 2.45) is 0 Å². The number of rotatable bonds is 6. The van der Waals surface area contributed by atoms with E-state index in [9.17, 15) is 4.79 Å². The summed E-state index contributed by atoms with van der Waals surface area (Å²) < 4.78 is 7.01. The van der Waals surface area contributed by atoms with E-state index in [1.165, 1.54) is 16.9 Å². The largest absolute Gasteiger partial charge is 0.423 e. The number of nitrogens with zero attached hydrogens (tertiary/aromatic N) is 2. The molecule has 0 unspecified atom stereocenters. The van der Waals surface area contributed by atoms with Crippen LogP contribution in [0.5, 0.6) is 0 Å². The molecule has 5 nitrogen and oxygen atoms in total. The smallest absolute Gasteiger partial charge is 0.336 e. The molecule has 0 atom stereocenters. The van der Waals surface area contributed by atoms with Crippen LogP contribution in [0.3, 0.4) is 0 Å². The molecule has 8 heteroatoms. The molecule has 0 aliphatic rings. The molecule has 0 amide bonds. The van der Waals surface area contributed by atoms with Crippen molar-refractivity contribution in [1.82, 2.24) is 10.2 Å². The normalized spacial score (nSPS) is 11.0. The van der Waals surface area contributed by atoms with Crippen LogP contribution in [0.25, 0.3) is 11.0 Å². The van der Waals surface area contributed by atoms with Crippen molar-refractivity contribution in [1.29, 1.82) is 0 Å². The molecule has 0 fully saturated rings. The van der Waals surface area contributed by atoms with Gasteiger partial charge in [0, 0.05) is 28.2 Å². The molecule has 0 aliphatic heterocycles. The highest BCUT2D eigenvalue weighted by atomic mass is 79.9. The molecule has 136 valence electrons. The minimum Gasteiger partial charge on any atom is -0.423 e. The van der Waals surface area contributed by atoms with Crippen LogP contribution in [0.15, 0.2) is 72.6 Å². The van der Waals surface area contributed by atoms with Crippen LogP contribution in [0.2, 0.25) is 0 Å². The Morgan fingerprint density at radius 1 is 1.11 bits per heavy atom. The zero-order chi connectivity index (χ0) is 18.6. The Kier molecular flexibility index (Phi) is 5.56. The molecule has 2 heterocycles. The molecule has 1 N–H and O–H groups in total. The minimum atomic E-state index is -0.348. The van der Waals surface area contributed by atoms with E-state index >= 15 is 0 Å². The highest BCUT2D eigenvalue weighted by Crippen LogP contribution is 2.31. The van der Waals surface area contributed by atoms with Crippen molar-refractivity contribution in [3.63, 3.8) is 0 Å². The van der Waals surface area contributed by atoms with E-state index in [4.69, 9.17) is 4.42 Å². The minimum absolute atomic E-state index is 0.348. The van der Waals surface area contributed by atoms with Crippen LogP contribution in [0.4, 0.5) is 5.13 Å². The van der Waals surface area contributed by atoms with E-state index in [-0.39, 0.29) is 5.63 Å². The van der Waals surface area contributed by atoms with Crippen molar-refractivity contribution in [2.75, 3.05) is 5.32 Å². The number of benzene rings is 2. The summed E-state index contributed by atoms with van der Waals surface area (Å²) in [6.45, 7) is 0.708. The second kappa shape index (κ2) is 8.24. The summed E-state index contributed by atoms with van der Waals surface area (Å²) in [5.74, 6) is 0.622. The second-order valence-corrected chi connectivity index (χ2v) is 8.85. The topological polar surface area (TPSA) is 68.0 Å². The lowest BCUT2D eigenvalue weighted by atomic mass is 10.1. The van der Waals surface area contributed by atoms with Gasteiger partial charge in [-0.1, -0.05) is 69.4 Å². The lowest BCUT2D eigenvalue weighted by Crippen LogP contribution is -1.99. The zero-order valence-electron chi connectivity index (χ0n) is 14.0. The van der Waals surface area contributed by atoms with Gasteiger partial charge >= 0.3 is 5.63 Å². The first kappa shape index (κ1) is 18.2. The van der Waals surface area contributed by atoms with Gasteiger partial charge in [0.15, 0.2) is 4.34 Å². The number of nitrogens with one attached hydrogen (secondary N) is 1. The number of aromatic nitrogens is 2. The van der Waals surface area contributed by atoms with E-state index < -0.39 is 0 Å². The molecule has 4 aromatic rings. The van der Waals surface area contributed by atoms with Crippen LogP contribution in [-0.4, -0.2) is 10.2 Å². The fourth-order valence-electron chi connectivity index (χ4n) is 2.58. The highest BCUT2D eigenvalue weighted by molar-refractivity contribution is 9.10. The predicted octanol–water partition coefficient (Wildman–Crippen LogP) is 5.31. The van der Waals surface area contributed by atoms with Crippen molar-refractivity contribution in [2.45, 2.75) is 16.6 Å². The first-order chi connectivity index (χ1) is 13.2. The Labute approximate surface area is 172 Å². The van der Waals surface area contributed by atoms with Gasteiger partial charge in [-0.25, -0.2) is 4.79 Å². The summed E-state index contributed by atoms with van der Waals surface area (Å²) in [5, 5.41) is 13.4. The number of hydrogen-bond donors (Lipinski definition) is 1. The summed E-state index contributed by atoms with van der Waals surface area (Å²) in [4.78, 5) is 11.8. The van der Waals surface area contributed by atoms with Gasteiger partial charge in [-0.3, -0.25) is 0 Å². The third kappa shape index (κ3) is 4.58. The molecule has 0 saturated carbocycles. The molecular weight excluding hydrogens is 446 g/mol. The molecular formula is C19H14BrN3O2S2. The molecule has 2 aromatic carbocycles. The van der Waals surface area contributed by atoms with E-state index in [0.717, 1.165) is 24.9 Å². The van der Waals surface area contributed by atoms with Gasteiger partial charge in [0.1, 0.15) is 5.58 Å². The number of halogens is 1. The molecule has 0 spiro atoms. The van der Waals surface area contributed by atoms with Crippen molar-refractivity contribution in [3.05, 3.63) is 80.6 Å². The van der Waals surface area contributed by atoms with Crippen LogP contribution < -0.4 is 10.9 Å². The van der Waals surface area contributed by atoms with Gasteiger partial charge < -0.3 is 9.73 Å². The van der Waals surface area contributed by atoms with Gasteiger partial charge in [0.25, 0.3) is 0 Å². The number of anilines is 1. The Hall–Kier alpha value is -2.16. The number of fused-ring (bicyclic) bond motifs is 1. The maximum atomic E-state index is 11.8. The summed E-state index contributed by atoms with van der Waals surface area (Å²) in [7, 11) is 0. The molecule has 0 aliphatic carbocycles. The lowest BCUT2D eigenvalue weighted by Gasteiger charge is -2.04. The molecule has 4 rings (SSSR count). The second-order valence-electron chi connectivity index (χ2n) is 5.73. The van der Waals surface area contributed by atoms with Crippen molar-refractivity contribution < 1.29 is 4.42 Å². The van der Waals surface area contributed by atoms with Crippen molar-refractivity contribution in [3.8, 4) is 0 Å². The van der Waals surface area contributed by atoms with E-state index in [1.54, 1.807) is 23.9 Å². The highest BCUT2D eigenvalue weighted by Gasteiger charge is 2.10. The average Bonchev–Trinajstić information content (AvgIpc) is 3.13. The molecule has 0 bridgehead atoms. The number of thioether (sulfide) groups is 1. The maximum absolute atomic E-state index is 11.8. The quantitative estimate of drug-likeness (QED) is 0.311. The van der Waals surface area contributed by atoms with Gasteiger partial charge in [-0.15, -0.1) is 10.2 Å². The van der Waals surface area contributed by atoms with Crippen LogP contribution >= 0.6 is 39.0 Å². The Balaban J connectivity index is 1.44. The van der Waals surface area contributed by atoms with Gasteiger partial charge in [-0.2, -0.15) is 0 Å². The SMILES string of the molecule is O=c1cc(CSc2nnc(NCc3ccccc3)s2)c2ccc(Br)cc2o1. The summed E-state index contributed by atoms with van der Waals surface area (Å²) in [6, 6.07) is 17.4. The predicted molar refractivity (Wildman–Crippen MR) is 113 cm³/mol. The lowest BCUT2D eigenvalue weighted by molar-refractivity contribution is 0.559. The van der Waals surface area contributed by atoms with Gasteiger partial charge in [0.2, 0.25) is 5.13 Å². The molecule has 0 radical (unpaired) electrons.